The molecule has 5 heteroatoms. The number of nitrogens with zero attached hydrogens (tertiary/aromatic N) is 1. The molecule has 5 nitrogen and oxygen atoms in total. The highest BCUT2D eigenvalue weighted by Crippen LogP contribution is 1.99. The van der Waals surface area contributed by atoms with Gasteiger partial charge in [-0.05, 0) is 33.3 Å². The molecule has 1 rings (SSSR count). The monoisotopic (exact) mass is 304 g/mol. The van der Waals surface area contributed by atoms with Crippen LogP contribution in [0.25, 0.3) is 0 Å². The number of aliphatic imine (C=N–C) groups is 1. The maximum Gasteiger partial charge on any atom is 0.222 e. The average Bonchev–Trinajstić information content (AvgIpc) is 2.45. The molecule has 0 unspecified atom stereocenters. The number of carbonyl (C=O) groups excluding carboxylic acids is 1. The molecule has 122 valence electrons. The Morgan fingerprint density at radius 3 is 2.41 bits per heavy atom. The number of amides is 1. The predicted molar refractivity (Wildman–Crippen MR) is 91.8 cm³/mol. The van der Waals surface area contributed by atoms with Crippen LogP contribution < -0.4 is 16.0 Å². The van der Waals surface area contributed by atoms with Crippen molar-refractivity contribution in [1.29, 1.82) is 0 Å². The van der Waals surface area contributed by atoms with E-state index in [0.717, 1.165) is 18.1 Å². The maximum atomic E-state index is 11.8. The Bertz CT molecular complexity index is 477. The number of nitrogens with one attached hydrogen (secondary N) is 3. The van der Waals surface area contributed by atoms with E-state index >= 15 is 0 Å². The fraction of sp³-hybridized carbons (Fsp3) is 0.529. The van der Waals surface area contributed by atoms with Gasteiger partial charge in [0.2, 0.25) is 5.91 Å². The van der Waals surface area contributed by atoms with Gasteiger partial charge in [0.1, 0.15) is 0 Å². The van der Waals surface area contributed by atoms with E-state index in [1.165, 1.54) is 0 Å². The molecule has 0 aliphatic rings. The molecule has 0 heterocycles. The van der Waals surface area contributed by atoms with E-state index in [1.807, 2.05) is 37.3 Å². The first-order valence-corrected chi connectivity index (χ1v) is 7.78. The maximum absolute atomic E-state index is 11.8. The summed E-state index contributed by atoms with van der Waals surface area (Å²) >= 11 is 0. The summed E-state index contributed by atoms with van der Waals surface area (Å²) in [6.45, 7) is 10.1. The van der Waals surface area contributed by atoms with Crippen LogP contribution in [0.4, 0.5) is 0 Å². The van der Waals surface area contributed by atoms with Gasteiger partial charge in [0.25, 0.3) is 0 Å². The van der Waals surface area contributed by atoms with Crippen molar-refractivity contribution in [3.63, 3.8) is 0 Å². The highest BCUT2D eigenvalue weighted by atomic mass is 16.1. The molecule has 1 aromatic carbocycles. The molecule has 0 fully saturated rings. The number of guanidine groups is 1. The van der Waals surface area contributed by atoms with Crippen LogP contribution in [0.3, 0.4) is 0 Å². The van der Waals surface area contributed by atoms with Crippen LogP contribution >= 0.6 is 0 Å². The topological polar surface area (TPSA) is 65.5 Å². The second-order valence-electron chi connectivity index (χ2n) is 6.15. The first-order chi connectivity index (χ1) is 10.4. The lowest BCUT2D eigenvalue weighted by Gasteiger charge is -2.23. The first-order valence-electron chi connectivity index (χ1n) is 7.78. The van der Waals surface area contributed by atoms with Gasteiger partial charge in [0.15, 0.2) is 5.96 Å². The van der Waals surface area contributed by atoms with Crippen molar-refractivity contribution in [2.24, 2.45) is 4.99 Å². The SMILES string of the molecule is CCNC(=NCCC(=O)NCc1ccccc1)NC(C)(C)C. The zero-order valence-electron chi connectivity index (χ0n) is 14.1. The third kappa shape index (κ3) is 8.29. The summed E-state index contributed by atoms with van der Waals surface area (Å²) in [5.41, 5.74) is 1.04. The third-order valence-corrected chi connectivity index (χ3v) is 2.78. The smallest absolute Gasteiger partial charge is 0.222 e. The van der Waals surface area contributed by atoms with Crippen LogP contribution in [0.15, 0.2) is 35.3 Å². The minimum atomic E-state index is -0.0590. The van der Waals surface area contributed by atoms with Gasteiger partial charge in [0, 0.05) is 25.0 Å². The molecule has 0 spiro atoms. The van der Waals surface area contributed by atoms with E-state index in [9.17, 15) is 4.79 Å². The van der Waals surface area contributed by atoms with Gasteiger partial charge in [-0.1, -0.05) is 30.3 Å². The molecule has 0 bridgehead atoms. The van der Waals surface area contributed by atoms with Gasteiger partial charge in [-0.25, -0.2) is 0 Å². The molecule has 0 saturated carbocycles. The second kappa shape index (κ2) is 9.07. The molecule has 22 heavy (non-hydrogen) atoms. The lowest BCUT2D eigenvalue weighted by Crippen LogP contribution is -2.47. The molecular weight excluding hydrogens is 276 g/mol. The zero-order chi connectivity index (χ0) is 16.4. The zero-order valence-corrected chi connectivity index (χ0v) is 14.1. The molecule has 1 amide bonds. The number of benzene rings is 1. The van der Waals surface area contributed by atoms with E-state index in [1.54, 1.807) is 0 Å². The first kappa shape index (κ1) is 18.0. The quantitative estimate of drug-likeness (QED) is 0.557. The molecule has 0 aliphatic heterocycles. The van der Waals surface area contributed by atoms with Crippen molar-refractivity contribution in [3.8, 4) is 0 Å². The number of hydrogen-bond acceptors (Lipinski definition) is 2. The Labute approximate surface area is 133 Å². The normalized spacial score (nSPS) is 11.9. The molecular formula is C17H28N4O. The lowest BCUT2D eigenvalue weighted by atomic mass is 10.1. The van der Waals surface area contributed by atoms with E-state index in [-0.39, 0.29) is 11.4 Å². The summed E-state index contributed by atoms with van der Waals surface area (Å²) in [6.07, 6.45) is 0.382. The number of carbonyl (C=O) groups is 1. The molecule has 0 atom stereocenters. The van der Waals surface area contributed by atoms with Crippen molar-refractivity contribution in [2.45, 2.75) is 46.2 Å². The average molecular weight is 304 g/mol. The molecule has 0 aromatic heterocycles. The van der Waals surface area contributed by atoms with Crippen LogP contribution in [0.2, 0.25) is 0 Å². The van der Waals surface area contributed by atoms with E-state index in [4.69, 9.17) is 0 Å². The van der Waals surface area contributed by atoms with Crippen LogP contribution in [0.1, 0.15) is 39.7 Å². The van der Waals surface area contributed by atoms with Crippen molar-refractivity contribution in [2.75, 3.05) is 13.1 Å². The van der Waals surface area contributed by atoms with Crippen LogP contribution in [-0.2, 0) is 11.3 Å². The summed E-state index contributed by atoms with van der Waals surface area (Å²) in [4.78, 5) is 16.2. The molecule has 0 aliphatic carbocycles. The Balaban J connectivity index is 2.36. The minimum absolute atomic E-state index is 0.0132. The van der Waals surface area contributed by atoms with E-state index in [0.29, 0.717) is 19.5 Å². The van der Waals surface area contributed by atoms with E-state index < -0.39 is 0 Å². The Hall–Kier alpha value is -2.04. The van der Waals surface area contributed by atoms with Gasteiger partial charge in [-0.3, -0.25) is 9.79 Å². The van der Waals surface area contributed by atoms with Crippen LogP contribution in [0.5, 0.6) is 0 Å². The van der Waals surface area contributed by atoms with Gasteiger partial charge in [0.05, 0.1) is 6.54 Å². The summed E-state index contributed by atoms with van der Waals surface area (Å²) < 4.78 is 0. The van der Waals surface area contributed by atoms with Crippen molar-refractivity contribution in [3.05, 3.63) is 35.9 Å². The molecule has 0 radical (unpaired) electrons. The van der Waals surface area contributed by atoms with Crippen molar-refractivity contribution in [1.82, 2.24) is 16.0 Å². The molecule has 0 saturated heterocycles. The Morgan fingerprint density at radius 1 is 1.14 bits per heavy atom. The summed E-state index contributed by atoms with van der Waals surface area (Å²) in [7, 11) is 0. The fourth-order valence-electron chi connectivity index (χ4n) is 1.82. The van der Waals surface area contributed by atoms with Crippen LogP contribution in [-0.4, -0.2) is 30.5 Å². The minimum Gasteiger partial charge on any atom is -0.357 e. The third-order valence-electron chi connectivity index (χ3n) is 2.78. The second-order valence-corrected chi connectivity index (χ2v) is 6.15. The van der Waals surface area contributed by atoms with Crippen molar-refractivity contribution >= 4 is 11.9 Å². The predicted octanol–water partition coefficient (Wildman–Crippen LogP) is 2.05. The van der Waals surface area contributed by atoms with Crippen molar-refractivity contribution < 1.29 is 4.79 Å². The van der Waals surface area contributed by atoms with Crippen LogP contribution in [0, 0.1) is 0 Å². The summed E-state index contributed by atoms with van der Waals surface area (Å²) in [5, 5.41) is 9.38. The Kier molecular flexibility index (Phi) is 7.43. The highest BCUT2D eigenvalue weighted by Gasteiger charge is 2.11. The molecule has 1 aromatic rings. The largest absolute Gasteiger partial charge is 0.357 e. The summed E-state index contributed by atoms with van der Waals surface area (Å²) in [6, 6.07) is 9.88. The van der Waals surface area contributed by atoms with Gasteiger partial charge in [-0.15, -0.1) is 0 Å². The molecule has 3 N–H and O–H groups in total. The lowest BCUT2D eigenvalue weighted by molar-refractivity contribution is -0.121. The van der Waals surface area contributed by atoms with Gasteiger partial charge >= 0.3 is 0 Å². The summed E-state index contributed by atoms with van der Waals surface area (Å²) in [5.74, 6) is 0.755. The fourth-order valence-corrected chi connectivity index (χ4v) is 1.82. The van der Waals surface area contributed by atoms with Gasteiger partial charge in [-0.2, -0.15) is 0 Å². The highest BCUT2D eigenvalue weighted by molar-refractivity contribution is 5.81. The number of rotatable bonds is 6. The Morgan fingerprint density at radius 2 is 1.82 bits per heavy atom. The standard InChI is InChI=1S/C17H28N4O/c1-5-18-16(21-17(2,3)4)19-12-11-15(22)20-13-14-9-7-6-8-10-14/h6-10H,5,11-13H2,1-4H3,(H,20,22)(H2,18,19,21). The number of hydrogen-bond donors (Lipinski definition) is 3. The van der Waals surface area contributed by atoms with Gasteiger partial charge < -0.3 is 16.0 Å². The van der Waals surface area contributed by atoms with E-state index in [2.05, 4.69) is 41.7 Å².